The van der Waals surface area contributed by atoms with Crippen molar-refractivity contribution in [2.45, 2.75) is 32.2 Å². The summed E-state index contributed by atoms with van der Waals surface area (Å²) >= 11 is 0. The normalized spacial score (nSPS) is 11.4. The van der Waals surface area contributed by atoms with Gasteiger partial charge in [0.15, 0.2) is 0 Å². The van der Waals surface area contributed by atoms with Crippen LogP contribution in [0.2, 0.25) is 0 Å². The van der Waals surface area contributed by atoms with Gasteiger partial charge in [-0.1, -0.05) is 42.5 Å². The van der Waals surface area contributed by atoms with Crippen LogP contribution in [-0.4, -0.2) is 35.4 Å². The summed E-state index contributed by atoms with van der Waals surface area (Å²) in [6.45, 7) is 1.88. The first-order valence-corrected chi connectivity index (χ1v) is 11.5. The lowest BCUT2D eigenvalue weighted by atomic mass is 9.98. The van der Waals surface area contributed by atoms with Gasteiger partial charge in [0.2, 0.25) is 11.8 Å². The molecule has 0 saturated carbocycles. The number of nitrogens with two attached hydrogens (primary N) is 1. The van der Waals surface area contributed by atoms with Crippen LogP contribution in [-0.2, 0) is 9.59 Å². The second-order valence-electron chi connectivity index (χ2n) is 8.12. The largest absolute Gasteiger partial charge is 0.506 e. The number of unbranched alkanes of at least 4 members (excludes halogenated alkanes) is 1. The number of hydrogen-bond donors (Lipinski definition) is 5. The molecule has 3 amide bonds. The van der Waals surface area contributed by atoms with Crippen molar-refractivity contribution in [3.63, 3.8) is 0 Å². The molecule has 0 radical (unpaired) electrons. The molecule has 35 heavy (non-hydrogen) atoms. The van der Waals surface area contributed by atoms with E-state index in [1.165, 1.54) is 13.0 Å². The molecule has 0 heterocycles. The number of phenols is 1. The van der Waals surface area contributed by atoms with Crippen LogP contribution in [0, 0.1) is 0 Å². The highest BCUT2D eigenvalue weighted by Gasteiger charge is 2.21. The van der Waals surface area contributed by atoms with Crippen LogP contribution in [0.5, 0.6) is 5.75 Å². The molecule has 0 bridgehead atoms. The minimum absolute atomic E-state index is 0.0374. The maximum Gasteiger partial charge on any atom is 0.256 e. The fraction of sp³-hybridized carbons (Fsp3) is 0.222. The maximum atomic E-state index is 13.1. The molecule has 0 spiro atoms. The highest BCUT2D eigenvalue weighted by atomic mass is 16.3. The van der Waals surface area contributed by atoms with Crippen LogP contribution in [0.1, 0.15) is 36.5 Å². The highest BCUT2D eigenvalue weighted by molar-refractivity contribution is 6.10. The Balaban J connectivity index is 1.88. The molecule has 182 valence electrons. The predicted molar refractivity (Wildman–Crippen MR) is 137 cm³/mol. The minimum atomic E-state index is -0.691. The van der Waals surface area contributed by atoms with Gasteiger partial charge in [0.05, 0.1) is 5.69 Å². The first kappa shape index (κ1) is 25.5. The number of anilines is 2. The van der Waals surface area contributed by atoms with Gasteiger partial charge in [-0.2, -0.15) is 0 Å². The van der Waals surface area contributed by atoms with E-state index in [9.17, 15) is 19.5 Å². The van der Waals surface area contributed by atoms with Gasteiger partial charge in [-0.05, 0) is 67.3 Å². The quantitative estimate of drug-likeness (QED) is 0.225. The Hall–Kier alpha value is -4.17. The van der Waals surface area contributed by atoms with Crippen LogP contribution in [0.15, 0.2) is 72.8 Å². The molecule has 6 N–H and O–H groups in total. The van der Waals surface area contributed by atoms with E-state index in [1.54, 1.807) is 36.4 Å². The van der Waals surface area contributed by atoms with E-state index in [0.717, 1.165) is 12.0 Å². The lowest BCUT2D eigenvalue weighted by Gasteiger charge is -2.19. The molecule has 8 nitrogen and oxygen atoms in total. The fourth-order valence-corrected chi connectivity index (χ4v) is 3.68. The number of para-hydroxylation sites is 2. The third kappa shape index (κ3) is 7.15. The van der Waals surface area contributed by atoms with Crippen LogP contribution < -0.4 is 21.7 Å². The van der Waals surface area contributed by atoms with Crippen molar-refractivity contribution in [3.05, 3.63) is 78.4 Å². The predicted octanol–water partition coefficient (Wildman–Crippen LogP) is 3.88. The number of carbonyl (C=O) groups excluding carboxylic acids is 3. The molecule has 1 atom stereocenters. The van der Waals surface area contributed by atoms with Gasteiger partial charge < -0.3 is 26.8 Å². The van der Waals surface area contributed by atoms with Gasteiger partial charge in [0.1, 0.15) is 11.8 Å². The maximum absolute atomic E-state index is 13.1. The number of amides is 3. The van der Waals surface area contributed by atoms with E-state index in [-0.39, 0.29) is 17.6 Å². The Labute approximate surface area is 204 Å². The van der Waals surface area contributed by atoms with E-state index in [4.69, 9.17) is 5.73 Å². The van der Waals surface area contributed by atoms with E-state index >= 15 is 0 Å². The lowest BCUT2D eigenvalue weighted by Crippen LogP contribution is -2.42. The van der Waals surface area contributed by atoms with Crippen molar-refractivity contribution in [2.75, 3.05) is 17.2 Å². The molecule has 0 aromatic heterocycles. The third-order valence-corrected chi connectivity index (χ3v) is 5.41. The zero-order chi connectivity index (χ0) is 25.2. The summed E-state index contributed by atoms with van der Waals surface area (Å²) in [5.41, 5.74) is 8.10. The zero-order valence-electron chi connectivity index (χ0n) is 19.6. The standard InChI is InChI=1S/C27H30N4O4/c1-18(32)29-24(12-7-8-16-28)27(35)30-20-14-15-21(22(17-20)19-9-3-2-4-10-19)26(34)31-23-11-5-6-13-25(23)33/h2-6,9-11,13-15,17,24,33H,7-8,12,16,28H2,1H3,(H,29,32)(H,30,35)(H,31,34)/t24-/m0/s1. The number of hydrogen-bond acceptors (Lipinski definition) is 5. The van der Waals surface area contributed by atoms with Crippen LogP contribution in [0.3, 0.4) is 0 Å². The summed E-state index contributed by atoms with van der Waals surface area (Å²) in [5, 5.41) is 18.3. The van der Waals surface area contributed by atoms with Crippen molar-refractivity contribution in [1.82, 2.24) is 5.32 Å². The monoisotopic (exact) mass is 474 g/mol. The first-order valence-electron chi connectivity index (χ1n) is 11.5. The smallest absolute Gasteiger partial charge is 0.256 e. The van der Waals surface area contributed by atoms with Gasteiger partial charge >= 0.3 is 0 Å². The van der Waals surface area contributed by atoms with Crippen LogP contribution >= 0.6 is 0 Å². The summed E-state index contributed by atoms with van der Waals surface area (Å²) in [6.07, 6.45) is 1.92. The summed E-state index contributed by atoms with van der Waals surface area (Å²) in [5.74, 6) is -1.08. The third-order valence-electron chi connectivity index (χ3n) is 5.41. The van der Waals surface area contributed by atoms with E-state index < -0.39 is 11.9 Å². The zero-order valence-corrected chi connectivity index (χ0v) is 19.6. The van der Waals surface area contributed by atoms with E-state index in [0.29, 0.717) is 41.9 Å². The van der Waals surface area contributed by atoms with Crippen molar-refractivity contribution in [1.29, 1.82) is 0 Å². The van der Waals surface area contributed by atoms with E-state index in [1.807, 2.05) is 30.3 Å². The van der Waals surface area contributed by atoms with Crippen molar-refractivity contribution >= 4 is 29.1 Å². The SMILES string of the molecule is CC(=O)N[C@@H](CCCCN)C(=O)Nc1ccc(C(=O)Nc2ccccc2O)c(-c2ccccc2)c1. The summed E-state index contributed by atoms with van der Waals surface area (Å²) < 4.78 is 0. The van der Waals surface area contributed by atoms with Gasteiger partial charge in [-0.3, -0.25) is 14.4 Å². The molecular weight excluding hydrogens is 444 g/mol. The van der Waals surface area contributed by atoms with Gasteiger partial charge in [0, 0.05) is 18.2 Å². The highest BCUT2D eigenvalue weighted by Crippen LogP contribution is 2.29. The molecule has 0 aliphatic rings. The summed E-state index contributed by atoms with van der Waals surface area (Å²) in [6, 6.07) is 20.1. The van der Waals surface area contributed by atoms with Crippen molar-refractivity contribution in [3.8, 4) is 16.9 Å². The Morgan fingerprint density at radius 1 is 0.914 bits per heavy atom. The Morgan fingerprint density at radius 2 is 1.63 bits per heavy atom. The van der Waals surface area contributed by atoms with Gasteiger partial charge in [-0.15, -0.1) is 0 Å². The molecular formula is C27H30N4O4. The summed E-state index contributed by atoms with van der Waals surface area (Å²) in [7, 11) is 0. The number of rotatable bonds is 10. The lowest BCUT2D eigenvalue weighted by molar-refractivity contribution is -0.125. The van der Waals surface area contributed by atoms with Gasteiger partial charge in [-0.25, -0.2) is 0 Å². The average molecular weight is 475 g/mol. The number of nitrogens with one attached hydrogen (secondary N) is 3. The number of benzene rings is 3. The van der Waals surface area contributed by atoms with Crippen LogP contribution in [0.4, 0.5) is 11.4 Å². The number of phenolic OH excluding ortho intramolecular Hbond substituents is 1. The molecule has 0 aliphatic carbocycles. The minimum Gasteiger partial charge on any atom is -0.506 e. The first-order chi connectivity index (χ1) is 16.9. The van der Waals surface area contributed by atoms with E-state index in [2.05, 4.69) is 16.0 Å². The molecule has 3 rings (SSSR count). The molecule has 3 aromatic carbocycles. The molecule has 0 unspecified atom stereocenters. The van der Waals surface area contributed by atoms with Crippen molar-refractivity contribution in [2.24, 2.45) is 5.73 Å². The fourth-order valence-electron chi connectivity index (χ4n) is 3.68. The van der Waals surface area contributed by atoms with Crippen molar-refractivity contribution < 1.29 is 19.5 Å². The molecule has 0 saturated heterocycles. The number of aromatic hydroxyl groups is 1. The molecule has 0 fully saturated rings. The van der Waals surface area contributed by atoms with Crippen LogP contribution in [0.25, 0.3) is 11.1 Å². The molecule has 3 aromatic rings. The molecule has 8 heteroatoms. The number of carbonyl (C=O) groups is 3. The Kier molecular flexibility index (Phi) is 8.97. The molecule has 0 aliphatic heterocycles. The topological polar surface area (TPSA) is 134 Å². The second-order valence-corrected chi connectivity index (χ2v) is 8.12. The van der Waals surface area contributed by atoms with Gasteiger partial charge in [0.25, 0.3) is 5.91 Å². The Bertz CT molecular complexity index is 1180. The average Bonchev–Trinajstić information content (AvgIpc) is 2.85. The summed E-state index contributed by atoms with van der Waals surface area (Å²) in [4.78, 5) is 37.6. The second kappa shape index (κ2) is 12.3. The Morgan fingerprint density at radius 3 is 2.31 bits per heavy atom.